The second kappa shape index (κ2) is 8.48. The van der Waals surface area contributed by atoms with Crippen LogP contribution in [0.5, 0.6) is 0 Å². The van der Waals surface area contributed by atoms with Crippen molar-refractivity contribution in [3.63, 3.8) is 0 Å². The zero-order chi connectivity index (χ0) is 22.0. The van der Waals surface area contributed by atoms with E-state index in [2.05, 4.69) is 20.6 Å². The minimum Gasteiger partial charge on any atom is -0.389 e. The second-order valence-electron chi connectivity index (χ2n) is 8.11. The molecule has 0 bridgehead atoms. The summed E-state index contributed by atoms with van der Waals surface area (Å²) in [6.07, 6.45) is 1.73. The summed E-state index contributed by atoms with van der Waals surface area (Å²) >= 11 is 0. The Balaban J connectivity index is 1.78. The number of aromatic nitrogens is 4. The maximum Gasteiger partial charge on any atom is 0.318 e. The smallest absolute Gasteiger partial charge is 0.318 e. The number of carbonyl (C=O) groups is 1. The van der Waals surface area contributed by atoms with Gasteiger partial charge in [0, 0.05) is 31.4 Å². The summed E-state index contributed by atoms with van der Waals surface area (Å²) in [5.74, 6) is 0.607. The van der Waals surface area contributed by atoms with Gasteiger partial charge in [-0.2, -0.15) is 10.1 Å². The molecule has 3 heterocycles. The quantitative estimate of drug-likeness (QED) is 0.571. The van der Waals surface area contributed by atoms with Crippen LogP contribution in [0.2, 0.25) is 0 Å². The Hall–Kier alpha value is -3.24. The maximum atomic E-state index is 11.6. The first kappa shape index (κ1) is 21.0. The lowest BCUT2D eigenvalue weighted by Crippen LogP contribution is -2.37. The van der Waals surface area contributed by atoms with Crippen molar-refractivity contribution >= 4 is 28.7 Å². The lowest BCUT2D eigenvalue weighted by molar-refractivity contribution is 0.0589. The van der Waals surface area contributed by atoms with Gasteiger partial charge in [-0.15, -0.1) is 0 Å². The fourth-order valence-corrected chi connectivity index (χ4v) is 3.46. The normalized spacial score (nSPS) is 14.6. The number of hydrogen-bond donors (Lipinski definition) is 3. The number of benzene rings is 1. The first-order valence-corrected chi connectivity index (χ1v) is 10.2. The molecule has 1 fully saturated rings. The first-order chi connectivity index (χ1) is 14.8. The number of anilines is 2. The number of nitrogens with zero attached hydrogens (tertiary/aromatic N) is 5. The first-order valence-electron chi connectivity index (χ1n) is 10.2. The van der Waals surface area contributed by atoms with E-state index in [-0.39, 0.29) is 6.03 Å². The van der Waals surface area contributed by atoms with Crippen molar-refractivity contribution in [2.45, 2.75) is 26.0 Å². The molecule has 0 unspecified atom stereocenters. The molecule has 164 valence electrons. The molecule has 1 aromatic carbocycles. The molecule has 0 radical (unpaired) electrons. The molecule has 1 aliphatic heterocycles. The van der Waals surface area contributed by atoms with E-state index in [4.69, 9.17) is 14.7 Å². The Bertz CT molecular complexity index is 1070. The number of fused-ring (bicyclic) bond motifs is 1. The third-order valence-electron chi connectivity index (χ3n) is 4.96. The number of urea groups is 1. The Morgan fingerprint density at radius 2 is 1.90 bits per heavy atom. The molecular weight excluding hydrogens is 398 g/mol. The summed E-state index contributed by atoms with van der Waals surface area (Å²) in [5, 5.41) is 20.9. The third-order valence-corrected chi connectivity index (χ3v) is 4.96. The van der Waals surface area contributed by atoms with Gasteiger partial charge < -0.3 is 25.4 Å². The molecule has 1 saturated heterocycles. The van der Waals surface area contributed by atoms with Gasteiger partial charge in [-0.25, -0.2) is 14.5 Å². The second-order valence-corrected chi connectivity index (χ2v) is 8.11. The van der Waals surface area contributed by atoms with E-state index in [1.165, 1.54) is 0 Å². The summed E-state index contributed by atoms with van der Waals surface area (Å²) in [4.78, 5) is 23.3. The summed E-state index contributed by atoms with van der Waals surface area (Å²) < 4.78 is 7.18. The molecule has 4 rings (SSSR count). The predicted molar refractivity (Wildman–Crippen MR) is 118 cm³/mol. The number of hydrogen-bond acceptors (Lipinski definition) is 7. The summed E-state index contributed by atoms with van der Waals surface area (Å²) in [6.45, 7) is 6.45. The van der Waals surface area contributed by atoms with Crippen molar-refractivity contribution in [2.75, 3.05) is 43.6 Å². The minimum absolute atomic E-state index is 0.278. The SMILES string of the molecule is CNC(=O)Nc1ccc(-c2nc(N3CCOCC3)nc3c2cnn3CC(C)(C)O)cc1. The van der Waals surface area contributed by atoms with Crippen molar-refractivity contribution in [1.82, 2.24) is 25.1 Å². The average Bonchev–Trinajstić information content (AvgIpc) is 3.15. The summed E-state index contributed by atoms with van der Waals surface area (Å²) in [5.41, 5.74) is 2.05. The van der Waals surface area contributed by atoms with Gasteiger partial charge in [-0.3, -0.25) is 0 Å². The van der Waals surface area contributed by atoms with Crippen LogP contribution in [0.25, 0.3) is 22.3 Å². The molecule has 1 aliphatic rings. The third kappa shape index (κ3) is 4.75. The summed E-state index contributed by atoms with van der Waals surface area (Å²) in [6, 6.07) is 7.19. The van der Waals surface area contributed by atoms with Gasteiger partial charge in [0.15, 0.2) is 5.65 Å². The topological polar surface area (TPSA) is 117 Å². The molecular formula is C21H27N7O3. The molecule has 10 heteroatoms. The molecule has 31 heavy (non-hydrogen) atoms. The van der Waals surface area contributed by atoms with E-state index < -0.39 is 5.60 Å². The number of carbonyl (C=O) groups excluding carboxylic acids is 1. The summed E-state index contributed by atoms with van der Waals surface area (Å²) in [7, 11) is 1.57. The van der Waals surface area contributed by atoms with E-state index in [1.807, 2.05) is 24.3 Å². The fraction of sp³-hybridized carbons (Fsp3) is 0.429. The van der Waals surface area contributed by atoms with Crippen molar-refractivity contribution in [3.05, 3.63) is 30.5 Å². The molecule has 0 aliphatic carbocycles. The van der Waals surface area contributed by atoms with Gasteiger partial charge in [0.1, 0.15) is 0 Å². The zero-order valence-electron chi connectivity index (χ0n) is 17.9. The van der Waals surface area contributed by atoms with Crippen LogP contribution in [-0.2, 0) is 11.3 Å². The van der Waals surface area contributed by atoms with E-state index >= 15 is 0 Å². The van der Waals surface area contributed by atoms with E-state index in [1.54, 1.807) is 31.8 Å². The molecule has 3 N–H and O–H groups in total. The molecule has 0 saturated carbocycles. The van der Waals surface area contributed by atoms with Gasteiger partial charge in [-0.05, 0) is 26.0 Å². The predicted octanol–water partition coefficient (Wildman–Crippen LogP) is 1.85. The lowest BCUT2D eigenvalue weighted by Gasteiger charge is -2.27. The molecule has 2 amide bonds. The number of ether oxygens (including phenoxy) is 1. The van der Waals surface area contributed by atoms with Crippen LogP contribution < -0.4 is 15.5 Å². The van der Waals surface area contributed by atoms with Crippen molar-refractivity contribution in [3.8, 4) is 11.3 Å². The van der Waals surface area contributed by atoms with Crippen LogP contribution >= 0.6 is 0 Å². The van der Waals surface area contributed by atoms with Gasteiger partial charge in [0.05, 0.1) is 42.6 Å². The Labute approximate surface area is 180 Å². The molecule has 10 nitrogen and oxygen atoms in total. The van der Waals surface area contributed by atoms with Crippen LogP contribution in [-0.4, -0.2) is 69.8 Å². The number of amides is 2. The van der Waals surface area contributed by atoms with Gasteiger partial charge in [0.25, 0.3) is 0 Å². The van der Waals surface area contributed by atoms with E-state index in [9.17, 15) is 9.90 Å². The van der Waals surface area contributed by atoms with Crippen LogP contribution in [0.15, 0.2) is 30.5 Å². The molecule has 0 spiro atoms. The fourth-order valence-electron chi connectivity index (χ4n) is 3.46. The number of rotatable bonds is 5. The lowest BCUT2D eigenvalue weighted by atomic mass is 10.1. The van der Waals surface area contributed by atoms with Gasteiger partial charge in [-0.1, -0.05) is 12.1 Å². The van der Waals surface area contributed by atoms with E-state index in [0.717, 1.165) is 16.6 Å². The largest absolute Gasteiger partial charge is 0.389 e. The highest BCUT2D eigenvalue weighted by atomic mass is 16.5. The molecule has 0 atom stereocenters. The Kier molecular flexibility index (Phi) is 5.75. The average molecular weight is 425 g/mol. The standard InChI is InChI=1S/C21H27N7O3/c1-21(2,30)13-28-18-16(12-23-28)17(25-19(26-18)27-8-10-31-11-9-27)14-4-6-15(7-5-14)24-20(29)22-3/h4-7,12,30H,8-11,13H2,1-3H3,(H2,22,24,29). The number of aliphatic hydroxyl groups is 1. The Morgan fingerprint density at radius 1 is 1.19 bits per heavy atom. The van der Waals surface area contributed by atoms with Crippen LogP contribution in [0.1, 0.15) is 13.8 Å². The van der Waals surface area contributed by atoms with Crippen LogP contribution in [0, 0.1) is 0 Å². The van der Waals surface area contributed by atoms with Gasteiger partial charge >= 0.3 is 6.03 Å². The minimum atomic E-state index is -0.934. The zero-order valence-corrected chi connectivity index (χ0v) is 17.9. The van der Waals surface area contributed by atoms with Crippen LogP contribution in [0.4, 0.5) is 16.4 Å². The van der Waals surface area contributed by atoms with Crippen molar-refractivity contribution in [1.29, 1.82) is 0 Å². The Morgan fingerprint density at radius 3 is 2.55 bits per heavy atom. The van der Waals surface area contributed by atoms with Crippen molar-refractivity contribution < 1.29 is 14.6 Å². The molecule has 2 aromatic heterocycles. The highest BCUT2D eigenvalue weighted by molar-refractivity contribution is 5.92. The van der Waals surface area contributed by atoms with Gasteiger partial charge in [0.2, 0.25) is 5.95 Å². The monoisotopic (exact) mass is 425 g/mol. The van der Waals surface area contributed by atoms with Crippen molar-refractivity contribution in [2.24, 2.45) is 0 Å². The number of morpholine rings is 1. The van der Waals surface area contributed by atoms with Crippen LogP contribution in [0.3, 0.4) is 0 Å². The van der Waals surface area contributed by atoms with E-state index in [0.29, 0.717) is 50.1 Å². The highest BCUT2D eigenvalue weighted by Crippen LogP contribution is 2.30. The maximum absolute atomic E-state index is 11.6. The highest BCUT2D eigenvalue weighted by Gasteiger charge is 2.22. The number of nitrogens with one attached hydrogen (secondary N) is 2. The molecule has 3 aromatic rings.